The number of aliphatic hydroxyl groups excluding tert-OH is 1. The molecule has 0 unspecified atom stereocenters. The Kier molecular flexibility index (Phi) is 9.25. The molecule has 4 heterocycles. The number of aryl methyl sites for hydroxylation is 2. The normalized spacial score (nSPS) is 17.6. The van der Waals surface area contributed by atoms with Gasteiger partial charge in [-0.2, -0.15) is 10.2 Å². The van der Waals surface area contributed by atoms with Crippen molar-refractivity contribution in [2.45, 2.75) is 50.9 Å². The fraction of sp³-hybridized carbons (Fsp3) is 0.375. The van der Waals surface area contributed by atoms with E-state index in [0.29, 0.717) is 44.8 Å². The lowest BCUT2D eigenvalue weighted by molar-refractivity contribution is 0.101. The van der Waals surface area contributed by atoms with Gasteiger partial charge in [-0.3, -0.25) is 19.0 Å². The Hall–Kier alpha value is -3.74. The molecule has 2 aliphatic rings. The second-order valence-electron chi connectivity index (χ2n) is 11.6. The van der Waals surface area contributed by atoms with Crippen molar-refractivity contribution < 1.29 is 14.7 Å². The summed E-state index contributed by atoms with van der Waals surface area (Å²) >= 11 is 13.7. The predicted octanol–water partition coefficient (Wildman–Crippen LogP) is 5.37. The molecule has 4 N–H and O–H groups in total. The van der Waals surface area contributed by atoms with Gasteiger partial charge in [0.15, 0.2) is 11.4 Å². The van der Waals surface area contributed by atoms with Crippen LogP contribution in [0.25, 0.3) is 11.1 Å². The van der Waals surface area contributed by atoms with E-state index in [0.717, 1.165) is 50.2 Å². The molecule has 0 spiro atoms. The first-order valence-corrected chi connectivity index (χ1v) is 15.9. The zero-order chi connectivity index (χ0) is 31.7. The number of halogens is 2. The summed E-state index contributed by atoms with van der Waals surface area (Å²) in [5.41, 5.74) is 4.58. The molecule has 6 rings (SSSR count). The standard InChI is InChI=1S/C32H36Cl2N8O3/c1-40(2)26-12-6-15-42-28(26)18-25(39-42)32(45)37-23-10-4-8-20(30(23)34)19-7-3-9-22(29(19)33)36-31(44)24-17-27-21(35-13-16-43)11-5-14-41(27)38-24/h3-4,7-10,17-18,21,26,35,43H,5-6,11-16H2,1-2H3,(H,36,44)(H,37,45)/t21-,26-/m0/s1. The van der Waals surface area contributed by atoms with Crippen molar-refractivity contribution in [3.63, 3.8) is 0 Å². The van der Waals surface area contributed by atoms with E-state index in [-0.39, 0.29) is 36.2 Å². The number of hydrogen-bond acceptors (Lipinski definition) is 7. The largest absolute Gasteiger partial charge is 0.395 e. The highest BCUT2D eigenvalue weighted by atomic mass is 35.5. The SMILES string of the molecule is CN(C)[C@H]1CCCn2nc(C(=O)Nc3cccc(-c4cccc(NC(=O)c5cc6n(n5)CCC[C@@H]6NCCO)c4Cl)c3Cl)cc21. The van der Waals surface area contributed by atoms with Gasteiger partial charge in [0.2, 0.25) is 0 Å². The summed E-state index contributed by atoms with van der Waals surface area (Å²) in [7, 11) is 4.06. The zero-order valence-corrected chi connectivity index (χ0v) is 26.7. The Morgan fingerprint density at radius 2 is 1.40 bits per heavy atom. The second-order valence-corrected chi connectivity index (χ2v) is 12.3. The van der Waals surface area contributed by atoms with Crippen molar-refractivity contribution in [1.29, 1.82) is 0 Å². The molecule has 0 fully saturated rings. The van der Waals surface area contributed by atoms with E-state index in [2.05, 4.69) is 31.0 Å². The van der Waals surface area contributed by atoms with Crippen LogP contribution in [0.4, 0.5) is 11.4 Å². The topological polar surface area (TPSA) is 129 Å². The van der Waals surface area contributed by atoms with Gasteiger partial charge in [0.1, 0.15) is 0 Å². The number of aliphatic hydroxyl groups is 1. The number of nitrogens with zero attached hydrogens (tertiary/aromatic N) is 5. The van der Waals surface area contributed by atoms with Gasteiger partial charge in [-0.15, -0.1) is 0 Å². The minimum atomic E-state index is -0.386. The first-order valence-electron chi connectivity index (χ1n) is 15.1. The summed E-state index contributed by atoms with van der Waals surface area (Å²) in [6.07, 6.45) is 3.85. The van der Waals surface area contributed by atoms with E-state index in [1.807, 2.05) is 41.7 Å². The third-order valence-electron chi connectivity index (χ3n) is 8.41. The highest BCUT2D eigenvalue weighted by Gasteiger charge is 2.27. The highest BCUT2D eigenvalue weighted by Crippen LogP contribution is 2.40. The van der Waals surface area contributed by atoms with Crippen LogP contribution < -0.4 is 16.0 Å². The summed E-state index contributed by atoms with van der Waals surface area (Å²) in [5, 5.41) is 28.0. The van der Waals surface area contributed by atoms with Crippen LogP contribution in [0.2, 0.25) is 10.0 Å². The van der Waals surface area contributed by atoms with Crippen LogP contribution in [0, 0.1) is 0 Å². The van der Waals surface area contributed by atoms with E-state index in [1.165, 1.54) is 0 Å². The number of carbonyl (C=O) groups is 2. The number of nitrogens with one attached hydrogen (secondary N) is 3. The molecule has 4 aromatic rings. The Morgan fingerprint density at radius 3 is 1.96 bits per heavy atom. The minimum absolute atomic E-state index is 0.0239. The number of hydrogen-bond donors (Lipinski definition) is 4. The number of benzene rings is 2. The Labute approximate surface area is 271 Å². The van der Waals surface area contributed by atoms with Gasteiger partial charge in [-0.1, -0.05) is 47.5 Å². The molecule has 2 atom stereocenters. The molecule has 13 heteroatoms. The summed E-state index contributed by atoms with van der Waals surface area (Å²) in [5.74, 6) is -0.736. The molecule has 0 radical (unpaired) electrons. The van der Waals surface area contributed by atoms with Crippen molar-refractivity contribution in [3.8, 4) is 11.1 Å². The third-order valence-corrected chi connectivity index (χ3v) is 9.22. The third kappa shape index (κ3) is 6.36. The van der Waals surface area contributed by atoms with E-state index in [4.69, 9.17) is 23.2 Å². The van der Waals surface area contributed by atoms with Gasteiger partial charge in [0.05, 0.1) is 45.5 Å². The van der Waals surface area contributed by atoms with Gasteiger partial charge in [0, 0.05) is 36.8 Å². The molecule has 11 nitrogen and oxygen atoms in total. The molecule has 0 saturated carbocycles. The maximum atomic E-state index is 13.3. The lowest BCUT2D eigenvalue weighted by Crippen LogP contribution is -2.29. The summed E-state index contributed by atoms with van der Waals surface area (Å²) in [6.45, 7) is 2.01. The van der Waals surface area contributed by atoms with Crippen molar-refractivity contribution in [2.75, 3.05) is 37.9 Å². The van der Waals surface area contributed by atoms with Gasteiger partial charge in [-0.25, -0.2) is 0 Å². The minimum Gasteiger partial charge on any atom is -0.395 e. The van der Waals surface area contributed by atoms with Gasteiger partial charge in [-0.05, 0) is 64.0 Å². The highest BCUT2D eigenvalue weighted by molar-refractivity contribution is 6.40. The summed E-state index contributed by atoms with van der Waals surface area (Å²) < 4.78 is 3.75. The van der Waals surface area contributed by atoms with E-state index >= 15 is 0 Å². The van der Waals surface area contributed by atoms with E-state index in [9.17, 15) is 14.7 Å². The molecule has 2 aromatic heterocycles. The lowest BCUT2D eigenvalue weighted by atomic mass is 10.0. The molecule has 45 heavy (non-hydrogen) atoms. The van der Waals surface area contributed by atoms with E-state index < -0.39 is 0 Å². The fourth-order valence-corrected chi connectivity index (χ4v) is 6.73. The lowest BCUT2D eigenvalue weighted by Gasteiger charge is -2.28. The zero-order valence-electron chi connectivity index (χ0n) is 25.2. The first-order chi connectivity index (χ1) is 21.7. The van der Waals surface area contributed by atoms with Crippen LogP contribution in [0.5, 0.6) is 0 Å². The average molecular weight is 652 g/mol. The molecular formula is C32H36Cl2N8O3. The second kappa shape index (κ2) is 13.3. The van der Waals surface area contributed by atoms with Crippen LogP contribution >= 0.6 is 23.2 Å². The van der Waals surface area contributed by atoms with Crippen LogP contribution in [-0.2, 0) is 13.1 Å². The maximum Gasteiger partial charge on any atom is 0.276 e. The molecule has 0 aliphatic carbocycles. The van der Waals surface area contributed by atoms with Gasteiger partial charge >= 0.3 is 0 Å². The molecule has 236 valence electrons. The van der Waals surface area contributed by atoms with Crippen LogP contribution in [-0.4, -0.2) is 68.6 Å². The molecule has 2 aromatic carbocycles. The predicted molar refractivity (Wildman–Crippen MR) is 175 cm³/mol. The molecule has 2 aliphatic heterocycles. The number of anilines is 2. The van der Waals surface area contributed by atoms with Crippen molar-refractivity contribution >= 4 is 46.4 Å². The quantitative estimate of drug-likeness (QED) is 0.192. The van der Waals surface area contributed by atoms with Crippen molar-refractivity contribution in [2.24, 2.45) is 0 Å². The number of aromatic nitrogens is 4. The van der Waals surface area contributed by atoms with Crippen LogP contribution in [0.3, 0.4) is 0 Å². The maximum absolute atomic E-state index is 13.3. The van der Waals surface area contributed by atoms with Crippen LogP contribution in [0.1, 0.15) is 70.1 Å². The first kappa shape index (κ1) is 31.3. The number of rotatable bonds is 9. The number of fused-ring (bicyclic) bond motifs is 2. The molecule has 0 saturated heterocycles. The monoisotopic (exact) mass is 650 g/mol. The van der Waals surface area contributed by atoms with Crippen molar-refractivity contribution in [3.05, 3.63) is 81.4 Å². The Bertz CT molecular complexity index is 1730. The average Bonchev–Trinajstić information content (AvgIpc) is 3.67. The van der Waals surface area contributed by atoms with Gasteiger partial charge in [0.25, 0.3) is 11.8 Å². The number of amides is 2. The van der Waals surface area contributed by atoms with E-state index in [1.54, 1.807) is 30.3 Å². The van der Waals surface area contributed by atoms with Gasteiger partial charge < -0.3 is 26.0 Å². The number of carbonyl (C=O) groups excluding carboxylic acids is 2. The summed E-state index contributed by atoms with van der Waals surface area (Å²) in [6, 6.07) is 14.5. The van der Waals surface area contributed by atoms with Crippen LogP contribution in [0.15, 0.2) is 48.5 Å². The molecule has 2 amide bonds. The van der Waals surface area contributed by atoms with Crippen molar-refractivity contribution in [1.82, 2.24) is 29.8 Å². The Morgan fingerprint density at radius 1 is 0.867 bits per heavy atom. The molecule has 0 bridgehead atoms. The molecular weight excluding hydrogens is 615 g/mol. The summed E-state index contributed by atoms with van der Waals surface area (Å²) in [4.78, 5) is 28.7. The smallest absolute Gasteiger partial charge is 0.276 e. The fourth-order valence-electron chi connectivity index (χ4n) is 6.18. The Balaban J connectivity index is 1.21.